The number of carbonyl (C=O) groups excluding carboxylic acids is 1. The van der Waals surface area contributed by atoms with Crippen molar-refractivity contribution in [3.8, 4) is 17.2 Å². The van der Waals surface area contributed by atoms with Gasteiger partial charge < -0.3 is 25.2 Å². The number of fused-ring (bicyclic) bond motifs is 1. The molecule has 0 radical (unpaired) electrons. The summed E-state index contributed by atoms with van der Waals surface area (Å²) in [4.78, 5) is 27.8. The number of rotatable bonds is 7. The van der Waals surface area contributed by atoms with E-state index in [0.717, 1.165) is 29.7 Å². The standard InChI is InChI=1S/C23H22FN3O5S/c1-23(12-20(28)27-22-25-7-8-33-22)16-11-19(18(31-2)9-13(16)5-6-26-23)32-14-3-4-15(21(29)30)17(24)10-14/h3-4,7-11,26H,5-6,12H2,1-2H3,(H,29,30)(H,25,27,28)/t23-/m1/s1. The zero-order valence-electron chi connectivity index (χ0n) is 18.0. The lowest BCUT2D eigenvalue weighted by molar-refractivity contribution is -0.117. The van der Waals surface area contributed by atoms with E-state index in [1.165, 1.54) is 24.5 Å². The highest BCUT2D eigenvalue weighted by Crippen LogP contribution is 2.41. The second-order valence-corrected chi connectivity index (χ2v) is 8.67. The van der Waals surface area contributed by atoms with E-state index in [9.17, 15) is 14.0 Å². The summed E-state index contributed by atoms with van der Waals surface area (Å²) in [5.41, 5.74) is 0.747. The molecular formula is C23H22FN3O5S. The van der Waals surface area contributed by atoms with Gasteiger partial charge in [0.25, 0.3) is 0 Å². The number of benzene rings is 2. The molecule has 8 nitrogen and oxygen atoms in total. The third-order valence-corrected chi connectivity index (χ3v) is 6.17. The Morgan fingerprint density at radius 2 is 2.12 bits per heavy atom. The quantitative estimate of drug-likeness (QED) is 0.474. The van der Waals surface area contributed by atoms with Crippen LogP contribution in [0.15, 0.2) is 41.9 Å². The van der Waals surface area contributed by atoms with Gasteiger partial charge >= 0.3 is 5.97 Å². The molecule has 1 aliphatic rings. The molecule has 33 heavy (non-hydrogen) atoms. The van der Waals surface area contributed by atoms with Crippen LogP contribution in [0.2, 0.25) is 0 Å². The molecule has 2 aromatic carbocycles. The fraction of sp³-hybridized carbons (Fsp3) is 0.261. The first-order valence-corrected chi connectivity index (χ1v) is 11.0. The van der Waals surface area contributed by atoms with Crippen molar-refractivity contribution >= 4 is 28.3 Å². The first-order valence-electron chi connectivity index (χ1n) is 10.2. The number of methoxy groups -OCH3 is 1. The van der Waals surface area contributed by atoms with Gasteiger partial charge in [-0.1, -0.05) is 0 Å². The molecule has 0 unspecified atom stereocenters. The van der Waals surface area contributed by atoms with Gasteiger partial charge in [0.05, 0.1) is 12.7 Å². The molecule has 0 aliphatic carbocycles. The van der Waals surface area contributed by atoms with Crippen molar-refractivity contribution in [3.05, 3.63) is 64.4 Å². The maximum atomic E-state index is 14.1. The van der Waals surface area contributed by atoms with Crippen LogP contribution >= 0.6 is 11.3 Å². The number of carboxylic acid groups (broad SMARTS) is 1. The molecule has 172 valence electrons. The molecule has 1 atom stereocenters. The number of aromatic carboxylic acids is 1. The molecule has 1 aromatic heterocycles. The van der Waals surface area contributed by atoms with Gasteiger partial charge in [-0.05, 0) is 48.7 Å². The van der Waals surface area contributed by atoms with E-state index in [2.05, 4.69) is 15.6 Å². The maximum absolute atomic E-state index is 14.1. The fourth-order valence-corrected chi connectivity index (χ4v) is 4.46. The Balaban J connectivity index is 1.64. The van der Waals surface area contributed by atoms with Crippen LogP contribution < -0.4 is 20.1 Å². The highest BCUT2D eigenvalue weighted by Gasteiger charge is 2.35. The van der Waals surface area contributed by atoms with Gasteiger partial charge in [0.1, 0.15) is 11.6 Å². The summed E-state index contributed by atoms with van der Waals surface area (Å²) in [6.45, 7) is 2.61. The molecule has 3 aromatic rings. The molecule has 0 saturated heterocycles. The Kier molecular flexibility index (Phi) is 6.30. The largest absolute Gasteiger partial charge is 0.493 e. The van der Waals surface area contributed by atoms with Gasteiger partial charge in [-0.3, -0.25) is 4.79 Å². The smallest absolute Gasteiger partial charge is 0.338 e. The Hall–Kier alpha value is -3.50. The third-order valence-electron chi connectivity index (χ3n) is 5.48. The molecule has 2 heterocycles. The molecule has 10 heteroatoms. The Labute approximate surface area is 193 Å². The normalized spacial score (nSPS) is 17.2. The number of nitrogens with zero attached hydrogens (tertiary/aromatic N) is 1. The third kappa shape index (κ3) is 4.81. The summed E-state index contributed by atoms with van der Waals surface area (Å²) in [5, 5.41) is 17.6. The number of nitrogens with one attached hydrogen (secondary N) is 2. The number of carboxylic acids is 1. The lowest BCUT2D eigenvalue weighted by atomic mass is 9.81. The summed E-state index contributed by atoms with van der Waals surface area (Å²) >= 11 is 1.34. The molecular weight excluding hydrogens is 449 g/mol. The molecule has 1 aliphatic heterocycles. The van der Waals surface area contributed by atoms with E-state index in [-0.39, 0.29) is 18.1 Å². The SMILES string of the molecule is COc1cc2c(cc1Oc1ccc(C(=O)O)c(F)c1)[C@@](C)(CC(=O)Nc1nccs1)NCC2. The summed E-state index contributed by atoms with van der Waals surface area (Å²) in [7, 11) is 1.50. The monoisotopic (exact) mass is 471 g/mol. The van der Waals surface area contributed by atoms with E-state index in [0.29, 0.717) is 23.2 Å². The molecule has 1 amide bonds. The minimum absolute atomic E-state index is 0.128. The average Bonchev–Trinajstić information content (AvgIpc) is 3.26. The number of amides is 1. The van der Waals surface area contributed by atoms with Crippen LogP contribution in [0.5, 0.6) is 17.2 Å². The molecule has 0 bridgehead atoms. The van der Waals surface area contributed by atoms with Gasteiger partial charge in [0, 0.05) is 36.1 Å². The first-order chi connectivity index (χ1) is 15.8. The minimum atomic E-state index is -1.36. The van der Waals surface area contributed by atoms with Crippen LogP contribution in [-0.4, -0.2) is 35.6 Å². The van der Waals surface area contributed by atoms with Crippen LogP contribution in [0.3, 0.4) is 0 Å². The topological polar surface area (TPSA) is 110 Å². The molecule has 3 N–H and O–H groups in total. The van der Waals surface area contributed by atoms with Gasteiger partial charge in [-0.25, -0.2) is 14.2 Å². The predicted molar refractivity (Wildman–Crippen MR) is 121 cm³/mol. The van der Waals surface area contributed by atoms with E-state index >= 15 is 0 Å². The van der Waals surface area contributed by atoms with Crippen molar-refractivity contribution in [1.29, 1.82) is 0 Å². The highest BCUT2D eigenvalue weighted by atomic mass is 32.1. The van der Waals surface area contributed by atoms with E-state index < -0.39 is 22.9 Å². The molecule has 4 rings (SSSR count). The van der Waals surface area contributed by atoms with Gasteiger partial charge in [0.2, 0.25) is 5.91 Å². The Morgan fingerprint density at radius 3 is 2.79 bits per heavy atom. The number of thiazole rings is 1. The van der Waals surface area contributed by atoms with E-state index in [1.54, 1.807) is 17.6 Å². The lowest BCUT2D eigenvalue weighted by Gasteiger charge is -2.37. The number of halogens is 1. The van der Waals surface area contributed by atoms with Gasteiger partial charge in [-0.15, -0.1) is 11.3 Å². The average molecular weight is 472 g/mol. The highest BCUT2D eigenvalue weighted by molar-refractivity contribution is 7.13. The number of ether oxygens (including phenoxy) is 2. The minimum Gasteiger partial charge on any atom is -0.493 e. The van der Waals surface area contributed by atoms with Crippen molar-refractivity contribution < 1.29 is 28.6 Å². The van der Waals surface area contributed by atoms with Crippen molar-refractivity contribution in [2.24, 2.45) is 0 Å². The number of hydrogen-bond acceptors (Lipinski definition) is 7. The maximum Gasteiger partial charge on any atom is 0.338 e. The number of hydrogen-bond donors (Lipinski definition) is 3. The molecule has 0 spiro atoms. The number of carbonyl (C=O) groups is 2. The second-order valence-electron chi connectivity index (χ2n) is 7.78. The van der Waals surface area contributed by atoms with Crippen molar-refractivity contribution in [3.63, 3.8) is 0 Å². The van der Waals surface area contributed by atoms with Crippen molar-refractivity contribution in [2.45, 2.75) is 25.3 Å². The summed E-state index contributed by atoms with van der Waals surface area (Å²) in [6.07, 6.45) is 2.52. The van der Waals surface area contributed by atoms with Crippen molar-refractivity contribution in [1.82, 2.24) is 10.3 Å². The van der Waals surface area contributed by atoms with E-state index in [4.69, 9.17) is 14.6 Å². The number of anilines is 1. The lowest BCUT2D eigenvalue weighted by Crippen LogP contribution is -2.47. The summed E-state index contributed by atoms with van der Waals surface area (Å²) in [6, 6.07) is 7.17. The van der Waals surface area contributed by atoms with Crippen LogP contribution in [0.25, 0.3) is 0 Å². The fourth-order valence-electron chi connectivity index (χ4n) is 3.92. The van der Waals surface area contributed by atoms with Crippen LogP contribution in [0.1, 0.15) is 34.8 Å². The number of aromatic nitrogens is 1. The second kappa shape index (κ2) is 9.16. The van der Waals surface area contributed by atoms with Crippen LogP contribution in [-0.2, 0) is 16.8 Å². The van der Waals surface area contributed by atoms with Crippen molar-refractivity contribution in [2.75, 3.05) is 19.0 Å². The summed E-state index contributed by atoms with van der Waals surface area (Å²) in [5.74, 6) is -1.53. The Morgan fingerprint density at radius 1 is 1.30 bits per heavy atom. The zero-order valence-corrected chi connectivity index (χ0v) is 18.8. The van der Waals surface area contributed by atoms with Crippen LogP contribution in [0.4, 0.5) is 9.52 Å². The van der Waals surface area contributed by atoms with Gasteiger partial charge in [-0.2, -0.15) is 0 Å². The molecule has 0 fully saturated rings. The zero-order chi connectivity index (χ0) is 23.6. The van der Waals surface area contributed by atoms with Crippen LogP contribution in [0, 0.1) is 5.82 Å². The molecule has 0 saturated carbocycles. The Bertz CT molecular complexity index is 1200. The van der Waals surface area contributed by atoms with E-state index in [1.807, 2.05) is 13.0 Å². The van der Waals surface area contributed by atoms with Gasteiger partial charge in [0.15, 0.2) is 16.6 Å². The predicted octanol–water partition coefficient (Wildman–Crippen LogP) is 4.17. The summed E-state index contributed by atoms with van der Waals surface area (Å²) < 4.78 is 25.5. The first kappa shape index (κ1) is 22.7.